The summed E-state index contributed by atoms with van der Waals surface area (Å²) in [6, 6.07) is 18.0. The van der Waals surface area contributed by atoms with Crippen molar-refractivity contribution in [2.45, 2.75) is 6.54 Å². The smallest absolute Gasteiger partial charge is 0.251 e. The lowest BCUT2D eigenvalue weighted by Crippen LogP contribution is -2.27. The predicted molar refractivity (Wildman–Crippen MR) is 95.0 cm³/mol. The standard InChI is InChI=1S/C19H21N3O/c1-21(2)17-8-5-7-16(14-17)19(23)20-11-13-22-12-10-15-6-3-4-9-18(15)22/h3-10,12,14H,11,13H2,1-2H3,(H,20,23). The van der Waals surface area contributed by atoms with Crippen LogP contribution in [0.2, 0.25) is 0 Å². The fraction of sp³-hybridized carbons (Fsp3) is 0.211. The van der Waals surface area contributed by atoms with E-state index in [9.17, 15) is 4.79 Å². The molecule has 0 fully saturated rings. The molecule has 0 spiro atoms. The molecule has 0 aliphatic rings. The quantitative estimate of drug-likeness (QED) is 0.786. The molecule has 0 bridgehead atoms. The van der Waals surface area contributed by atoms with E-state index >= 15 is 0 Å². The average Bonchev–Trinajstić information content (AvgIpc) is 2.98. The van der Waals surface area contributed by atoms with Crippen LogP contribution in [0.3, 0.4) is 0 Å². The number of hydrogen-bond acceptors (Lipinski definition) is 2. The van der Waals surface area contributed by atoms with Gasteiger partial charge in [0.25, 0.3) is 5.91 Å². The maximum Gasteiger partial charge on any atom is 0.251 e. The summed E-state index contributed by atoms with van der Waals surface area (Å²) < 4.78 is 2.16. The summed E-state index contributed by atoms with van der Waals surface area (Å²) in [4.78, 5) is 14.3. The van der Waals surface area contributed by atoms with Gasteiger partial charge < -0.3 is 14.8 Å². The molecule has 0 radical (unpaired) electrons. The van der Waals surface area contributed by atoms with E-state index in [4.69, 9.17) is 0 Å². The molecule has 23 heavy (non-hydrogen) atoms. The van der Waals surface area contributed by atoms with Gasteiger partial charge in [0.15, 0.2) is 0 Å². The fourth-order valence-electron chi connectivity index (χ4n) is 2.65. The number of aromatic nitrogens is 1. The maximum atomic E-state index is 12.3. The van der Waals surface area contributed by atoms with Crippen molar-refractivity contribution in [3.05, 3.63) is 66.4 Å². The normalized spacial score (nSPS) is 10.7. The van der Waals surface area contributed by atoms with Crippen molar-refractivity contribution in [2.24, 2.45) is 0 Å². The molecule has 0 saturated carbocycles. The third-order valence-electron chi connectivity index (χ3n) is 3.94. The Morgan fingerprint density at radius 3 is 2.74 bits per heavy atom. The fourth-order valence-corrected chi connectivity index (χ4v) is 2.65. The van der Waals surface area contributed by atoms with Gasteiger partial charge in [-0.15, -0.1) is 0 Å². The first-order chi connectivity index (χ1) is 11.1. The molecule has 0 saturated heterocycles. The number of fused-ring (bicyclic) bond motifs is 1. The van der Waals surface area contributed by atoms with E-state index < -0.39 is 0 Å². The second-order valence-electron chi connectivity index (χ2n) is 5.77. The number of para-hydroxylation sites is 1. The largest absolute Gasteiger partial charge is 0.378 e. The number of benzene rings is 2. The molecule has 1 heterocycles. The van der Waals surface area contributed by atoms with E-state index in [0.29, 0.717) is 12.1 Å². The van der Waals surface area contributed by atoms with Gasteiger partial charge in [0.05, 0.1) is 0 Å². The average molecular weight is 307 g/mol. The Hall–Kier alpha value is -2.75. The molecule has 0 atom stereocenters. The van der Waals surface area contributed by atoms with Gasteiger partial charge in [-0.3, -0.25) is 4.79 Å². The van der Waals surface area contributed by atoms with Gasteiger partial charge in [-0.2, -0.15) is 0 Å². The van der Waals surface area contributed by atoms with Crippen molar-refractivity contribution in [1.29, 1.82) is 0 Å². The van der Waals surface area contributed by atoms with Gasteiger partial charge in [0, 0.05) is 50.1 Å². The lowest BCUT2D eigenvalue weighted by atomic mass is 10.2. The highest BCUT2D eigenvalue weighted by Crippen LogP contribution is 2.15. The molecule has 4 heteroatoms. The van der Waals surface area contributed by atoms with Crippen LogP contribution in [0.4, 0.5) is 5.69 Å². The minimum Gasteiger partial charge on any atom is -0.378 e. The Morgan fingerprint density at radius 1 is 1.09 bits per heavy atom. The van der Waals surface area contributed by atoms with Gasteiger partial charge in [0.2, 0.25) is 0 Å². The Labute approximate surface area is 136 Å². The number of anilines is 1. The summed E-state index contributed by atoms with van der Waals surface area (Å²) in [5.41, 5.74) is 2.90. The first-order valence-corrected chi connectivity index (χ1v) is 7.74. The topological polar surface area (TPSA) is 37.3 Å². The molecule has 0 aliphatic carbocycles. The van der Waals surface area contributed by atoms with Crippen LogP contribution in [-0.4, -0.2) is 31.1 Å². The van der Waals surface area contributed by atoms with Crippen LogP contribution in [-0.2, 0) is 6.54 Å². The molecule has 3 aromatic rings. The minimum atomic E-state index is -0.0369. The molecular weight excluding hydrogens is 286 g/mol. The third-order valence-corrected chi connectivity index (χ3v) is 3.94. The SMILES string of the molecule is CN(C)c1cccc(C(=O)NCCn2ccc3ccccc32)c1. The van der Waals surface area contributed by atoms with Crippen molar-refractivity contribution >= 4 is 22.5 Å². The molecular formula is C19H21N3O. The van der Waals surface area contributed by atoms with Gasteiger partial charge in [-0.25, -0.2) is 0 Å². The van der Waals surface area contributed by atoms with Crippen LogP contribution in [0.15, 0.2) is 60.8 Å². The minimum absolute atomic E-state index is 0.0369. The highest BCUT2D eigenvalue weighted by Gasteiger charge is 2.07. The molecule has 3 rings (SSSR count). The van der Waals surface area contributed by atoms with Gasteiger partial charge in [0.1, 0.15) is 0 Å². The summed E-state index contributed by atoms with van der Waals surface area (Å²) in [6.45, 7) is 1.36. The zero-order chi connectivity index (χ0) is 16.2. The van der Waals surface area contributed by atoms with E-state index in [1.165, 1.54) is 10.9 Å². The second kappa shape index (κ2) is 6.57. The predicted octanol–water partition coefficient (Wildman–Crippen LogP) is 3.14. The maximum absolute atomic E-state index is 12.3. The second-order valence-corrected chi connectivity index (χ2v) is 5.77. The summed E-state index contributed by atoms with van der Waals surface area (Å²) >= 11 is 0. The lowest BCUT2D eigenvalue weighted by molar-refractivity contribution is 0.0952. The zero-order valence-electron chi connectivity index (χ0n) is 13.5. The number of carbonyl (C=O) groups excluding carboxylic acids is 1. The number of amides is 1. The molecule has 0 aliphatic heterocycles. The number of nitrogens with zero attached hydrogens (tertiary/aromatic N) is 2. The number of hydrogen-bond donors (Lipinski definition) is 1. The van der Waals surface area contributed by atoms with Crippen molar-refractivity contribution in [1.82, 2.24) is 9.88 Å². The first-order valence-electron chi connectivity index (χ1n) is 7.74. The lowest BCUT2D eigenvalue weighted by Gasteiger charge is -2.13. The zero-order valence-corrected chi connectivity index (χ0v) is 13.5. The van der Waals surface area contributed by atoms with Crippen LogP contribution < -0.4 is 10.2 Å². The summed E-state index contributed by atoms with van der Waals surface area (Å²) in [6.07, 6.45) is 2.06. The van der Waals surface area contributed by atoms with Crippen molar-refractivity contribution in [2.75, 3.05) is 25.5 Å². The Kier molecular flexibility index (Phi) is 4.33. The van der Waals surface area contributed by atoms with Gasteiger partial charge >= 0.3 is 0 Å². The molecule has 118 valence electrons. The number of carbonyl (C=O) groups is 1. The first kappa shape index (κ1) is 15.2. The van der Waals surface area contributed by atoms with Gasteiger partial charge in [-0.1, -0.05) is 24.3 Å². The number of rotatable bonds is 5. The summed E-state index contributed by atoms with van der Waals surface area (Å²) in [5.74, 6) is -0.0369. The van der Waals surface area contributed by atoms with Crippen LogP contribution >= 0.6 is 0 Å². The summed E-state index contributed by atoms with van der Waals surface area (Å²) in [7, 11) is 3.93. The van der Waals surface area contributed by atoms with E-state index in [0.717, 1.165) is 12.2 Å². The molecule has 1 amide bonds. The van der Waals surface area contributed by atoms with Crippen LogP contribution in [0.1, 0.15) is 10.4 Å². The van der Waals surface area contributed by atoms with Crippen LogP contribution in [0, 0.1) is 0 Å². The monoisotopic (exact) mass is 307 g/mol. The Bertz CT molecular complexity index is 820. The summed E-state index contributed by atoms with van der Waals surface area (Å²) in [5, 5.41) is 4.21. The molecule has 2 aromatic carbocycles. The molecule has 1 aromatic heterocycles. The molecule has 1 N–H and O–H groups in total. The van der Waals surface area contributed by atoms with Crippen molar-refractivity contribution in [3.63, 3.8) is 0 Å². The molecule has 4 nitrogen and oxygen atoms in total. The van der Waals surface area contributed by atoms with E-state index in [-0.39, 0.29) is 5.91 Å². The van der Waals surface area contributed by atoms with Crippen molar-refractivity contribution < 1.29 is 4.79 Å². The van der Waals surface area contributed by atoms with E-state index in [1.54, 1.807) is 0 Å². The Morgan fingerprint density at radius 2 is 1.91 bits per heavy atom. The van der Waals surface area contributed by atoms with E-state index in [1.807, 2.05) is 55.4 Å². The van der Waals surface area contributed by atoms with Crippen LogP contribution in [0.25, 0.3) is 10.9 Å². The molecule has 0 unspecified atom stereocenters. The van der Waals surface area contributed by atoms with Crippen LogP contribution in [0.5, 0.6) is 0 Å². The Balaban J connectivity index is 1.62. The van der Waals surface area contributed by atoms with Crippen molar-refractivity contribution in [3.8, 4) is 0 Å². The third kappa shape index (κ3) is 3.37. The van der Waals surface area contributed by atoms with E-state index in [2.05, 4.69) is 34.3 Å². The highest BCUT2D eigenvalue weighted by molar-refractivity contribution is 5.95. The highest BCUT2D eigenvalue weighted by atomic mass is 16.1. The number of nitrogens with one attached hydrogen (secondary N) is 1. The van der Waals surface area contributed by atoms with Gasteiger partial charge in [-0.05, 0) is 35.7 Å².